The number of hydrogen-bond acceptors (Lipinski definition) is 3. The predicted molar refractivity (Wildman–Crippen MR) is 109 cm³/mol. The van der Waals surface area contributed by atoms with E-state index in [1.54, 1.807) is 0 Å². The molecule has 3 aromatic rings. The number of rotatable bonds is 4. The van der Waals surface area contributed by atoms with E-state index in [2.05, 4.69) is 80.9 Å². The zero-order valence-corrected chi connectivity index (χ0v) is 14.9. The molecule has 0 amide bonds. The van der Waals surface area contributed by atoms with Crippen LogP contribution in [0.2, 0.25) is 0 Å². The molecule has 0 saturated heterocycles. The highest BCUT2D eigenvalue weighted by molar-refractivity contribution is 5.99. The van der Waals surface area contributed by atoms with E-state index in [-0.39, 0.29) is 0 Å². The highest BCUT2D eigenvalue weighted by Crippen LogP contribution is 2.21. The lowest BCUT2D eigenvalue weighted by Gasteiger charge is -2.05. The molecule has 0 bridgehead atoms. The zero-order chi connectivity index (χ0) is 17.6. The second kappa shape index (κ2) is 8.00. The predicted octanol–water partition coefficient (Wildman–Crippen LogP) is 4.59. The van der Waals surface area contributed by atoms with Gasteiger partial charge < -0.3 is 4.57 Å². The maximum atomic E-state index is 4.56. The van der Waals surface area contributed by atoms with Crippen LogP contribution < -0.4 is 5.43 Å². The third-order valence-electron chi connectivity index (χ3n) is 4.79. The minimum Gasteiger partial charge on any atom is -0.342 e. The van der Waals surface area contributed by atoms with Crippen LogP contribution in [0.3, 0.4) is 0 Å². The number of aromatic nitrogens is 1. The number of nitrogens with zero attached hydrogens (tertiary/aromatic N) is 3. The first-order valence-corrected chi connectivity index (χ1v) is 9.34. The third kappa shape index (κ3) is 3.85. The molecule has 1 aliphatic heterocycles. The highest BCUT2D eigenvalue weighted by Gasteiger charge is 2.07. The summed E-state index contributed by atoms with van der Waals surface area (Å²) in [6, 6.07) is 19.0. The van der Waals surface area contributed by atoms with E-state index in [9.17, 15) is 0 Å². The van der Waals surface area contributed by atoms with Gasteiger partial charge in [-0.05, 0) is 24.5 Å². The fourth-order valence-corrected chi connectivity index (χ4v) is 3.43. The molecule has 0 fully saturated rings. The van der Waals surface area contributed by atoms with Crippen LogP contribution in [0, 0.1) is 0 Å². The Labute approximate surface area is 154 Å². The SMILES string of the molecule is C(=NNC1=NCCCCC1)c1cn(Cc2ccccc2)c2ccccc12. The molecule has 0 aliphatic carbocycles. The Bertz CT molecular complexity index is 922. The van der Waals surface area contributed by atoms with Crippen molar-refractivity contribution in [3.63, 3.8) is 0 Å². The molecule has 0 atom stereocenters. The summed E-state index contributed by atoms with van der Waals surface area (Å²) in [5, 5.41) is 5.68. The minimum atomic E-state index is 0.856. The Hall–Kier alpha value is -2.88. The maximum Gasteiger partial charge on any atom is 0.117 e. The molecule has 26 heavy (non-hydrogen) atoms. The van der Waals surface area contributed by atoms with Crippen LogP contribution >= 0.6 is 0 Å². The van der Waals surface area contributed by atoms with Crippen LogP contribution in [0.15, 0.2) is 70.9 Å². The number of nitrogens with one attached hydrogen (secondary N) is 1. The van der Waals surface area contributed by atoms with E-state index >= 15 is 0 Å². The first-order chi connectivity index (χ1) is 12.9. The summed E-state index contributed by atoms with van der Waals surface area (Å²) in [6.07, 6.45) is 8.72. The molecule has 4 nitrogen and oxygen atoms in total. The monoisotopic (exact) mass is 344 g/mol. The van der Waals surface area contributed by atoms with Crippen molar-refractivity contribution >= 4 is 23.0 Å². The van der Waals surface area contributed by atoms with Gasteiger partial charge in [-0.3, -0.25) is 10.4 Å². The molecule has 132 valence electrons. The normalized spacial score (nSPS) is 15.2. The van der Waals surface area contributed by atoms with Gasteiger partial charge in [-0.2, -0.15) is 5.10 Å². The Morgan fingerprint density at radius 2 is 1.85 bits per heavy atom. The standard InChI is InChI=1S/C22H24N4/c1-3-9-18(10-4-1)16-26-17-19(20-11-6-7-12-21(20)26)15-24-25-22-13-5-2-8-14-23-22/h1,3-4,6-7,9-12,15,17H,2,5,8,13-14,16H2,(H,23,25). The molecule has 0 unspecified atom stereocenters. The molecule has 2 aromatic carbocycles. The fourth-order valence-electron chi connectivity index (χ4n) is 3.43. The minimum absolute atomic E-state index is 0.856. The van der Waals surface area contributed by atoms with Crippen molar-refractivity contribution in [2.24, 2.45) is 10.1 Å². The number of fused-ring (bicyclic) bond motifs is 1. The average molecular weight is 344 g/mol. The topological polar surface area (TPSA) is 41.7 Å². The summed E-state index contributed by atoms with van der Waals surface area (Å²) >= 11 is 0. The van der Waals surface area contributed by atoms with E-state index in [0.717, 1.165) is 30.9 Å². The molecule has 4 heteroatoms. The van der Waals surface area contributed by atoms with E-state index in [1.165, 1.54) is 35.7 Å². The molecule has 0 spiro atoms. The molecular formula is C22H24N4. The summed E-state index contributed by atoms with van der Waals surface area (Å²) in [7, 11) is 0. The number of amidine groups is 1. The second-order valence-corrected chi connectivity index (χ2v) is 6.72. The van der Waals surface area contributed by atoms with Gasteiger partial charge in [0.15, 0.2) is 0 Å². The summed E-state index contributed by atoms with van der Waals surface area (Å²) in [5.41, 5.74) is 6.79. The second-order valence-electron chi connectivity index (χ2n) is 6.72. The van der Waals surface area contributed by atoms with Crippen LogP contribution in [0.25, 0.3) is 10.9 Å². The van der Waals surface area contributed by atoms with Gasteiger partial charge in [0.1, 0.15) is 5.84 Å². The van der Waals surface area contributed by atoms with Crippen molar-refractivity contribution in [1.82, 2.24) is 9.99 Å². The van der Waals surface area contributed by atoms with E-state index < -0.39 is 0 Å². The Morgan fingerprint density at radius 3 is 2.77 bits per heavy atom. The summed E-state index contributed by atoms with van der Waals surface area (Å²) in [5.74, 6) is 1.01. The van der Waals surface area contributed by atoms with Gasteiger partial charge in [0.2, 0.25) is 0 Å². The van der Waals surface area contributed by atoms with E-state index in [0.29, 0.717) is 0 Å². The van der Waals surface area contributed by atoms with Gasteiger partial charge >= 0.3 is 0 Å². The quantitative estimate of drug-likeness (QED) is 0.546. The van der Waals surface area contributed by atoms with Gasteiger partial charge in [0.05, 0.1) is 6.21 Å². The fraction of sp³-hybridized carbons (Fsp3) is 0.273. The van der Waals surface area contributed by atoms with Crippen LogP contribution in [0.5, 0.6) is 0 Å². The number of benzene rings is 2. The molecule has 1 N–H and O–H groups in total. The van der Waals surface area contributed by atoms with Crippen LogP contribution in [-0.2, 0) is 6.54 Å². The molecule has 0 saturated carbocycles. The lowest BCUT2D eigenvalue weighted by molar-refractivity contribution is 0.729. The van der Waals surface area contributed by atoms with Gasteiger partial charge in [-0.1, -0.05) is 55.0 Å². The van der Waals surface area contributed by atoms with Crippen molar-refractivity contribution in [2.75, 3.05) is 6.54 Å². The first-order valence-electron chi connectivity index (χ1n) is 9.34. The smallest absolute Gasteiger partial charge is 0.117 e. The van der Waals surface area contributed by atoms with Crippen molar-refractivity contribution < 1.29 is 0 Å². The van der Waals surface area contributed by atoms with Crippen molar-refractivity contribution in [3.8, 4) is 0 Å². The number of hydrazone groups is 1. The van der Waals surface area contributed by atoms with Crippen LogP contribution in [-0.4, -0.2) is 23.2 Å². The molecule has 1 aromatic heterocycles. The van der Waals surface area contributed by atoms with Gasteiger partial charge in [-0.25, -0.2) is 0 Å². The van der Waals surface area contributed by atoms with Gasteiger partial charge in [-0.15, -0.1) is 0 Å². The van der Waals surface area contributed by atoms with Gasteiger partial charge in [0, 0.05) is 42.2 Å². The van der Waals surface area contributed by atoms with E-state index in [1.807, 2.05) is 6.21 Å². The van der Waals surface area contributed by atoms with Crippen molar-refractivity contribution in [2.45, 2.75) is 32.2 Å². The summed E-state index contributed by atoms with van der Waals surface area (Å²) in [4.78, 5) is 4.56. The van der Waals surface area contributed by atoms with E-state index in [4.69, 9.17) is 0 Å². The Balaban J connectivity index is 1.57. The molecule has 1 aliphatic rings. The average Bonchev–Trinajstić information content (AvgIpc) is 2.84. The lowest BCUT2D eigenvalue weighted by atomic mass is 10.2. The third-order valence-corrected chi connectivity index (χ3v) is 4.79. The largest absolute Gasteiger partial charge is 0.342 e. The van der Waals surface area contributed by atoms with Crippen molar-refractivity contribution in [1.29, 1.82) is 0 Å². The highest BCUT2D eigenvalue weighted by atomic mass is 15.3. The Kier molecular flexibility index (Phi) is 5.10. The maximum absolute atomic E-state index is 4.56. The number of aliphatic imine (C=N–C) groups is 1. The first kappa shape index (κ1) is 16.6. The summed E-state index contributed by atoms with van der Waals surface area (Å²) < 4.78 is 2.29. The lowest BCUT2D eigenvalue weighted by Crippen LogP contribution is -2.17. The zero-order valence-electron chi connectivity index (χ0n) is 14.9. The summed E-state index contributed by atoms with van der Waals surface area (Å²) in [6.45, 7) is 1.77. The molecule has 0 radical (unpaired) electrons. The molecular weight excluding hydrogens is 320 g/mol. The van der Waals surface area contributed by atoms with Crippen molar-refractivity contribution in [3.05, 3.63) is 71.9 Å². The van der Waals surface area contributed by atoms with Crippen LogP contribution in [0.1, 0.15) is 36.8 Å². The molecule has 2 heterocycles. The van der Waals surface area contributed by atoms with Crippen LogP contribution in [0.4, 0.5) is 0 Å². The van der Waals surface area contributed by atoms with Gasteiger partial charge in [0.25, 0.3) is 0 Å². The number of para-hydroxylation sites is 1. The number of hydrogen-bond donors (Lipinski definition) is 1. The molecule has 4 rings (SSSR count). The Morgan fingerprint density at radius 1 is 1.00 bits per heavy atom.